The molecule has 0 amide bonds. The van der Waals surface area contributed by atoms with Crippen LogP contribution in [-0.2, 0) is 4.79 Å². The van der Waals surface area contributed by atoms with Crippen molar-refractivity contribution in [2.75, 3.05) is 0 Å². The van der Waals surface area contributed by atoms with Gasteiger partial charge in [-0.15, -0.1) is 0 Å². The van der Waals surface area contributed by atoms with Gasteiger partial charge < -0.3 is 5.11 Å². The second-order valence-electron chi connectivity index (χ2n) is 3.59. The number of nitrogens with zero attached hydrogens (tertiary/aromatic N) is 2. The number of rotatable bonds is 4. The van der Waals surface area contributed by atoms with E-state index in [0.717, 1.165) is 0 Å². The Morgan fingerprint density at radius 1 is 1.33 bits per heavy atom. The van der Waals surface area contributed by atoms with E-state index in [1.807, 2.05) is 0 Å². The first kappa shape index (κ1) is 13.6. The Kier molecular flexibility index (Phi) is 4.31. The van der Waals surface area contributed by atoms with E-state index in [4.69, 9.17) is 0 Å². The lowest BCUT2D eigenvalue weighted by atomic mass is 10.2. The summed E-state index contributed by atoms with van der Waals surface area (Å²) in [7, 11) is 0. The van der Waals surface area contributed by atoms with Gasteiger partial charge in [0.15, 0.2) is 5.78 Å². The molecule has 0 saturated heterocycles. The number of nitro benzene ring substituents is 1. The van der Waals surface area contributed by atoms with E-state index >= 15 is 0 Å². The highest BCUT2D eigenvalue weighted by Gasteiger charge is 2.06. The van der Waals surface area contributed by atoms with Crippen LogP contribution in [0.4, 0.5) is 11.4 Å². The lowest BCUT2D eigenvalue weighted by molar-refractivity contribution is -0.384. The number of aliphatic hydroxyl groups excluding tert-OH is 1. The van der Waals surface area contributed by atoms with Crippen molar-refractivity contribution in [3.8, 4) is 0 Å². The molecule has 0 fully saturated rings. The Balaban J connectivity index is 2.94. The first-order valence-corrected chi connectivity index (χ1v) is 5.11. The van der Waals surface area contributed by atoms with Crippen LogP contribution in [0.25, 0.3) is 0 Å². The third-order valence-corrected chi connectivity index (χ3v) is 2.17. The fourth-order valence-electron chi connectivity index (χ4n) is 1.24. The number of non-ortho nitro benzene ring substituents is 1. The van der Waals surface area contributed by atoms with Crippen LogP contribution in [0.1, 0.15) is 13.8 Å². The van der Waals surface area contributed by atoms with E-state index in [-0.39, 0.29) is 22.8 Å². The molecule has 94 valence electrons. The van der Waals surface area contributed by atoms with Crippen molar-refractivity contribution in [3.05, 3.63) is 45.7 Å². The van der Waals surface area contributed by atoms with Crippen molar-refractivity contribution in [3.63, 3.8) is 0 Å². The Morgan fingerprint density at radius 3 is 2.28 bits per heavy atom. The van der Waals surface area contributed by atoms with Gasteiger partial charge in [0.25, 0.3) is 5.69 Å². The highest BCUT2D eigenvalue weighted by Crippen LogP contribution is 2.17. The minimum absolute atomic E-state index is 0.0328. The number of carbonyl (C=O) groups excluding carboxylic acids is 1. The molecule has 0 atom stereocenters. The Morgan fingerprint density at radius 2 is 1.89 bits per heavy atom. The number of Topliss-reactive ketones (excluding diaryl/α,β-unsaturated/α-hetero) is 1. The smallest absolute Gasteiger partial charge is 0.269 e. The summed E-state index contributed by atoms with van der Waals surface area (Å²) in [5, 5.41) is 19.7. The minimum Gasteiger partial charge on any atom is -0.512 e. The summed E-state index contributed by atoms with van der Waals surface area (Å²) < 4.78 is 0. The molecule has 0 spiro atoms. The normalized spacial score (nSPS) is 12.3. The zero-order valence-corrected chi connectivity index (χ0v) is 9.95. The predicted octanol–water partition coefficient (Wildman–Crippen LogP) is 2.72. The zero-order chi connectivity index (χ0) is 13.7. The van der Waals surface area contributed by atoms with E-state index in [0.29, 0.717) is 5.69 Å². The van der Waals surface area contributed by atoms with Gasteiger partial charge >= 0.3 is 0 Å². The van der Waals surface area contributed by atoms with Crippen molar-refractivity contribution in [2.45, 2.75) is 13.8 Å². The van der Waals surface area contributed by atoms with Crippen LogP contribution in [0.3, 0.4) is 0 Å². The average molecular weight is 248 g/mol. The third-order valence-electron chi connectivity index (χ3n) is 2.17. The van der Waals surface area contributed by atoms with Crippen molar-refractivity contribution in [1.29, 1.82) is 0 Å². The molecule has 1 rings (SSSR count). The van der Waals surface area contributed by atoms with Crippen LogP contribution in [0.5, 0.6) is 0 Å². The number of hydrogen-bond acceptors (Lipinski definition) is 5. The number of hydrogen-bond donors (Lipinski definition) is 1. The maximum Gasteiger partial charge on any atom is 0.269 e. The van der Waals surface area contributed by atoms with Gasteiger partial charge in [-0.05, 0) is 26.0 Å². The SMILES string of the molecule is CC(=O)/C(C=Nc1ccc([N+](=O)[O-])cc1)=C(\C)O. The summed E-state index contributed by atoms with van der Waals surface area (Å²) in [5.74, 6) is -0.422. The lowest BCUT2D eigenvalue weighted by Gasteiger charge is -1.98. The van der Waals surface area contributed by atoms with Gasteiger partial charge in [-0.1, -0.05) is 0 Å². The molecular weight excluding hydrogens is 236 g/mol. The minimum atomic E-state index is -0.508. The molecule has 1 N–H and O–H groups in total. The van der Waals surface area contributed by atoms with Gasteiger partial charge in [0.2, 0.25) is 0 Å². The fourth-order valence-corrected chi connectivity index (χ4v) is 1.24. The quantitative estimate of drug-likeness (QED) is 0.291. The molecule has 0 aliphatic rings. The Bertz CT molecular complexity index is 526. The third kappa shape index (κ3) is 3.51. The number of aliphatic imine (C=N–C) groups is 1. The molecule has 0 aliphatic carbocycles. The zero-order valence-electron chi connectivity index (χ0n) is 9.95. The highest BCUT2D eigenvalue weighted by molar-refractivity contribution is 6.12. The molecule has 0 aliphatic heterocycles. The summed E-state index contributed by atoms with van der Waals surface area (Å²) in [6.45, 7) is 2.70. The van der Waals surface area contributed by atoms with Crippen LogP contribution in [0.15, 0.2) is 40.6 Å². The molecule has 6 heteroatoms. The molecule has 0 heterocycles. The van der Waals surface area contributed by atoms with Crippen molar-refractivity contribution in [2.24, 2.45) is 4.99 Å². The number of allylic oxidation sites excluding steroid dienone is 2. The van der Waals surface area contributed by atoms with Gasteiger partial charge in [-0.2, -0.15) is 0 Å². The number of nitro groups is 1. The first-order valence-electron chi connectivity index (χ1n) is 5.11. The molecule has 0 aromatic heterocycles. The molecule has 0 saturated carbocycles. The van der Waals surface area contributed by atoms with E-state index in [2.05, 4.69) is 4.99 Å². The summed E-state index contributed by atoms with van der Waals surface area (Å²) in [6.07, 6.45) is 1.23. The van der Waals surface area contributed by atoms with Crippen molar-refractivity contribution >= 4 is 23.4 Å². The predicted molar refractivity (Wildman–Crippen MR) is 67.3 cm³/mol. The average Bonchev–Trinajstić information content (AvgIpc) is 2.28. The molecule has 0 unspecified atom stereocenters. The second-order valence-corrected chi connectivity index (χ2v) is 3.59. The summed E-state index contributed by atoms with van der Waals surface area (Å²) in [6, 6.07) is 5.55. The van der Waals surface area contributed by atoms with Crippen LogP contribution in [0, 0.1) is 10.1 Å². The van der Waals surface area contributed by atoms with Crippen LogP contribution in [-0.4, -0.2) is 22.0 Å². The fraction of sp³-hybridized carbons (Fsp3) is 0.167. The molecule has 0 radical (unpaired) electrons. The van der Waals surface area contributed by atoms with Gasteiger partial charge in [-0.3, -0.25) is 19.9 Å². The molecule has 0 bridgehead atoms. The monoisotopic (exact) mass is 248 g/mol. The van der Waals surface area contributed by atoms with E-state index in [9.17, 15) is 20.0 Å². The second kappa shape index (κ2) is 5.72. The van der Waals surface area contributed by atoms with Gasteiger partial charge in [0.1, 0.15) is 5.76 Å². The Labute approximate surface area is 103 Å². The number of carbonyl (C=O) groups is 1. The summed E-state index contributed by atoms with van der Waals surface area (Å²) in [4.78, 5) is 25.0. The standard InChI is InChI=1S/C12H12N2O4/c1-8(15)12(9(2)16)7-13-10-3-5-11(6-4-10)14(17)18/h3-7,15H,1-2H3/b12-8+,13-7?. The topological polar surface area (TPSA) is 92.8 Å². The first-order chi connectivity index (χ1) is 8.41. The van der Waals surface area contributed by atoms with Crippen LogP contribution >= 0.6 is 0 Å². The Hall–Kier alpha value is -2.50. The number of aliphatic hydroxyl groups is 1. The van der Waals surface area contributed by atoms with Crippen LogP contribution < -0.4 is 0 Å². The maximum absolute atomic E-state index is 11.2. The van der Waals surface area contributed by atoms with Gasteiger partial charge in [0, 0.05) is 18.3 Å². The van der Waals surface area contributed by atoms with Crippen molar-refractivity contribution in [1.82, 2.24) is 0 Å². The maximum atomic E-state index is 11.2. The molecular formula is C12H12N2O4. The lowest BCUT2D eigenvalue weighted by Crippen LogP contribution is -2.01. The van der Waals surface area contributed by atoms with E-state index in [1.165, 1.54) is 44.3 Å². The van der Waals surface area contributed by atoms with Crippen molar-refractivity contribution < 1.29 is 14.8 Å². The van der Waals surface area contributed by atoms with Gasteiger partial charge in [-0.25, -0.2) is 0 Å². The highest BCUT2D eigenvalue weighted by atomic mass is 16.6. The van der Waals surface area contributed by atoms with E-state index in [1.54, 1.807) is 0 Å². The molecule has 6 nitrogen and oxygen atoms in total. The summed E-state index contributed by atoms with van der Waals surface area (Å²) in [5.41, 5.74) is 0.531. The molecule has 1 aromatic rings. The van der Waals surface area contributed by atoms with Gasteiger partial charge in [0.05, 0.1) is 16.2 Å². The summed E-state index contributed by atoms with van der Waals surface area (Å²) >= 11 is 0. The largest absolute Gasteiger partial charge is 0.512 e. The van der Waals surface area contributed by atoms with Crippen LogP contribution in [0.2, 0.25) is 0 Å². The molecule has 18 heavy (non-hydrogen) atoms. The van der Waals surface area contributed by atoms with E-state index < -0.39 is 4.92 Å². The molecule has 1 aromatic carbocycles. The number of ketones is 1. The number of benzene rings is 1.